The third-order valence-electron chi connectivity index (χ3n) is 4.20. The van der Waals surface area contributed by atoms with Crippen LogP contribution >= 0.6 is 0 Å². The predicted octanol–water partition coefficient (Wildman–Crippen LogP) is 3.86. The molecule has 1 saturated carbocycles. The predicted molar refractivity (Wildman–Crippen MR) is 85.2 cm³/mol. The van der Waals surface area contributed by atoms with E-state index in [4.69, 9.17) is 4.74 Å². The highest BCUT2D eigenvalue weighted by molar-refractivity contribution is 5.22. The van der Waals surface area contributed by atoms with Crippen LogP contribution in [0.2, 0.25) is 0 Å². The summed E-state index contributed by atoms with van der Waals surface area (Å²) in [4.78, 5) is 0. The molecule has 112 valence electrons. The zero-order chi connectivity index (χ0) is 14.2. The van der Waals surface area contributed by atoms with E-state index in [2.05, 4.69) is 43.4 Å². The molecule has 1 fully saturated rings. The van der Waals surface area contributed by atoms with Crippen LogP contribution < -0.4 is 5.32 Å². The Bertz CT molecular complexity index is 385. The molecule has 1 aromatic carbocycles. The SMILES string of the molecule is Cc1cccc(CCC(C)NCCOC2CCCC2)c1. The molecule has 2 rings (SSSR count). The summed E-state index contributed by atoms with van der Waals surface area (Å²) in [7, 11) is 0. The molecule has 0 heterocycles. The zero-order valence-electron chi connectivity index (χ0n) is 13.0. The van der Waals surface area contributed by atoms with Crippen LogP contribution in [-0.4, -0.2) is 25.3 Å². The van der Waals surface area contributed by atoms with Gasteiger partial charge in [0.25, 0.3) is 0 Å². The van der Waals surface area contributed by atoms with Crippen molar-refractivity contribution in [2.45, 2.75) is 64.5 Å². The second-order valence-electron chi connectivity index (χ2n) is 6.16. The molecule has 0 radical (unpaired) electrons. The smallest absolute Gasteiger partial charge is 0.0594 e. The lowest BCUT2D eigenvalue weighted by molar-refractivity contribution is 0.0592. The molecule has 0 spiro atoms. The van der Waals surface area contributed by atoms with Crippen molar-refractivity contribution in [2.24, 2.45) is 0 Å². The first-order chi connectivity index (χ1) is 9.74. The van der Waals surface area contributed by atoms with Gasteiger partial charge in [-0.05, 0) is 45.1 Å². The van der Waals surface area contributed by atoms with E-state index >= 15 is 0 Å². The lowest BCUT2D eigenvalue weighted by Crippen LogP contribution is -2.30. The number of hydrogen-bond donors (Lipinski definition) is 1. The van der Waals surface area contributed by atoms with Crippen molar-refractivity contribution in [3.05, 3.63) is 35.4 Å². The highest BCUT2D eigenvalue weighted by atomic mass is 16.5. The minimum absolute atomic E-state index is 0.541. The molecule has 0 aromatic heterocycles. The van der Waals surface area contributed by atoms with Crippen LogP contribution in [0.15, 0.2) is 24.3 Å². The Kier molecular flexibility index (Phi) is 6.55. The first-order valence-corrected chi connectivity index (χ1v) is 8.14. The highest BCUT2D eigenvalue weighted by Gasteiger charge is 2.14. The maximum atomic E-state index is 5.87. The standard InChI is InChI=1S/C18H29NO/c1-15-6-5-7-17(14-15)11-10-16(2)19-12-13-20-18-8-3-4-9-18/h5-7,14,16,18-19H,3-4,8-13H2,1-2H3. The number of rotatable bonds is 8. The second kappa shape index (κ2) is 8.43. The van der Waals surface area contributed by atoms with Gasteiger partial charge in [0, 0.05) is 12.6 Å². The zero-order valence-corrected chi connectivity index (χ0v) is 13.0. The van der Waals surface area contributed by atoms with Crippen LogP contribution in [0.5, 0.6) is 0 Å². The molecule has 1 aromatic rings. The van der Waals surface area contributed by atoms with Crippen LogP contribution in [0.3, 0.4) is 0 Å². The fraction of sp³-hybridized carbons (Fsp3) is 0.667. The molecule has 2 nitrogen and oxygen atoms in total. The molecule has 0 amide bonds. The topological polar surface area (TPSA) is 21.3 Å². The molecular formula is C18H29NO. The van der Waals surface area contributed by atoms with Gasteiger partial charge in [-0.2, -0.15) is 0 Å². The Balaban J connectivity index is 1.54. The fourth-order valence-corrected chi connectivity index (χ4v) is 2.94. The van der Waals surface area contributed by atoms with Gasteiger partial charge in [-0.15, -0.1) is 0 Å². The van der Waals surface area contributed by atoms with Gasteiger partial charge < -0.3 is 10.1 Å². The van der Waals surface area contributed by atoms with E-state index in [1.54, 1.807) is 0 Å². The summed E-state index contributed by atoms with van der Waals surface area (Å²) in [6, 6.07) is 9.38. The quantitative estimate of drug-likeness (QED) is 0.727. The summed E-state index contributed by atoms with van der Waals surface area (Å²) in [5, 5.41) is 3.57. The first-order valence-electron chi connectivity index (χ1n) is 8.14. The van der Waals surface area contributed by atoms with Gasteiger partial charge in [0.05, 0.1) is 12.7 Å². The van der Waals surface area contributed by atoms with E-state index in [-0.39, 0.29) is 0 Å². The molecule has 1 unspecified atom stereocenters. The van der Waals surface area contributed by atoms with E-state index in [0.717, 1.165) is 19.6 Å². The lowest BCUT2D eigenvalue weighted by atomic mass is 10.0. The molecule has 1 N–H and O–H groups in total. The monoisotopic (exact) mass is 275 g/mol. The number of nitrogens with one attached hydrogen (secondary N) is 1. The average molecular weight is 275 g/mol. The van der Waals surface area contributed by atoms with Crippen LogP contribution in [-0.2, 0) is 11.2 Å². The van der Waals surface area contributed by atoms with Gasteiger partial charge in [0.2, 0.25) is 0 Å². The van der Waals surface area contributed by atoms with Crippen molar-refractivity contribution >= 4 is 0 Å². The minimum Gasteiger partial charge on any atom is -0.377 e. The summed E-state index contributed by atoms with van der Waals surface area (Å²) in [5.41, 5.74) is 2.80. The maximum Gasteiger partial charge on any atom is 0.0594 e. The third-order valence-corrected chi connectivity index (χ3v) is 4.20. The van der Waals surface area contributed by atoms with Crippen LogP contribution in [0, 0.1) is 6.92 Å². The molecule has 1 aliphatic carbocycles. The van der Waals surface area contributed by atoms with Gasteiger partial charge in [-0.1, -0.05) is 42.7 Å². The van der Waals surface area contributed by atoms with Gasteiger partial charge >= 0.3 is 0 Å². The van der Waals surface area contributed by atoms with E-state index in [0.29, 0.717) is 12.1 Å². The van der Waals surface area contributed by atoms with Crippen molar-refractivity contribution in [1.29, 1.82) is 0 Å². The molecule has 0 saturated heterocycles. The highest BCUT2D eigenvalue weighted by Crippen LogP contribution is 2.20. The van der Waals surface area contributed by atoms with E-state index in [1.807, 2.05) is 0 Å². The number of aryl methyl sites for hydroxylation is 2. The van der Waals surface area contributed by atoms with Crippen molar-refractivity contribution in [3.8, 4) is 0 Å². The largest absolute Gasteiger partial charge is 0.377 e. The number of hydrogen-bond acceptors (Lipinski definition) is 2. The molecule has 20 heavy (non-hydrogen) atoms. The van der Waals surface area contributed by atoms with Gasteiger partial charge in [-0.25, -0.2) is 0 Å². The summed E-state index contributed by atoms with van der Waals surface area (Å²) in [6.07, 6.45) is 8.12. The molecule has 0 bridgehead atoms. The number of benzene rings is 1. The van der Waals surface area contributed by atoms with Crippen LogP contribution in [0.25, 0.3) is 0 Å². The Labute approximate surface area is 123 Å². The van der Waals surface area contributed by atoms with Crippen molar-refractivity contribution in [2.75, 3.05) is 13.2 Å². The van der Waals surface area contributed by atoms with Crippen molar-refractivity contribution in [1.82, 2.24) is 5.32 Å². The summed E-state index contributed by atoms with van der Waals surface area (Å²) in [6.45, 7) is 6.27. The summed E-state index contributed by atoms with van der Waals surface area (Å²) >= 11 is 0. The Morgan fingerprint density at radius 1 is 1.30 bits per heavy atom. The molecule has 1 atom stereocenters. The summed E-state index contributed by atoms with van der Waals surface area (Å²) < 4.78 is 5.87. The Hall–Kier alpha value is -0.860. The minimum atomic E-state index is 0.541. The van der Waals surface area contributed by atoms with Crippen LogP contribution in [0.4, 0.5) is 0 Å². The van der Waals surface area contributed by atoms with E-state index < -0.39 is 0 Å². The third kappa shape index (κ3) is 5.64. The van der Waals surface area contributed by atoms with Crippen LogP contribution in [0.1, 0.15) is 50.2 Å². The summed E-state index contributed by atoms with van der Waals surface area (Å²) in [5.74, 6) is 0. The maximum absolute atomic E-state index is 5.87. The van der Waals surface area contributed by atoms with Crippen molar-refractivity contribution < 1.29 is 4.74 Å². The van der Waals surface area contributed by atoms with E-state index in [1.165, 1.54) is 43.2 Å². The lowest BCUT2D eigenvalue weighted by Gasteiger charge is -2.16. The molecular weight excluding hydrogens is 246 g/mol. The Morgan fingerprint density at radius 3 is 2.85 bits per heavy atom. The van der Waals surface area contributed by atoms with Gasteiger partial charge in [0.15, 0.2) is 0 Å². The number of ether oxygens (including phenoxy) is 1. The fourth-order valence-electron chi connectivity index (χ4n) is 2.94. The van der Waals surface area contributed by atoms with E-state index in [9.17, 15) is 0 Å². The molecule has 0 aliphatic heterocycles. The van der Waals surface area contributed by atoms with Crippen molar-refractivity contribution in [3.63, 3.8) is 0 Å². The average Bonchev–Trinajstić information content (AvgIpc) is 2.95. The molecule has 2 heteroatoms. The second-order valence-corrected chi connectivity index (χ2v) is 6.16. The normalized spacial score (nSPS) is 17.5. The molecule has 1 aliphatic rings. The first kappa shape index (κ1) is 15.5. The van der Waals surface area contributed by atoms with Gasteiger partial charge in [0.1, 0.15) is 0 Å². The van der Waals surface area contributed by atoms with Gasteiger partial charge in [-0.3, -0.25) is 0 Å². The Morgan fingerprint density at radius 2 is 2.10 bits per heavy atom.